The Morgan fingerprint density at radius 3 is 2.19 bits per heavy atom. The van der Waals surface area contributed by atoms with Crippen molar-refractivity contribution in [2.75, 3.05) is 0 Å². The van der Waals surface area contributed by atoms with E-state index in [1.54, 1.807) is 6.07 Å². The average Bonchev–Trinajstić information content (AvgIpc) is 3.71. The summed E-state index contributed by atoms with van der Waals surface area (Å²) in [4.78, 5) is 15.7. The van der Waals surface area contributed by atoms with Gasteiger partial charge in [-0.05, 0) is 80.5 Å². The van der Waals surface area contributed by atoms with Crippen LogP contribution in [0.15, 0.2) is 47.5 Å². The van der Waals surface area contributed by atoms with Gasteiger partial charge in [0.05, 0.1) is 6.10 Å². The molecule has 3 nitrogen and oxygen atoms in total. The van der Waals surface area contributed by atoms with Gasteiger partial charge in [0.1, 0.15) is 17.3 Å². The number of aliphatic hydroxyl groups is 1. The number of halogens is 1. The predicted molar refractivity (Wildman–Crippen MR) is 154 cm³/mol. The van der Waals surface area contributed by atoms with E-state index < -0.39 is 6.10 Å². The highest BCUT2D eigenvalue weighted by atomic mass is 19.1. The summed E-state index contributed by atoms with van der Waals surface area (Å²) in [6.07, 6.45) is 11.1. The molecule has 2 aromatic rings. The molecule has 2 aliphatic rings. The van der Waals surface area contributed by atoms with Crippen molar-refractivity contribution in [3.63, 3.8) is 0 Å². The molecule has 1 N–H and O–H groups in total. The average molecular weight is 510 g/mol. The fraction of sp³-hybridized carbons (Fsp3) is 0.576. The number of benzene rings is 2. The number of unbranched alkanes of at least 4 members (excludes halogenated alkanes) is 1. The first kappa shape index (κ1) is 30.9. The van der Waals surface area contributed by atoms with Crippen LogP contribution in [0.1, 0.15) is 127 Å². The first-order valence-electron chi connectivity index (χ1n) is 14.3. The molecule has 2 fully saturated rings. The number of Topliss-reactive ketones (excluding diaryl/α,β-unsaturated/α-hetero) is 1. The molecule has 4 rings (SSSR count). The zero-order valence-corrected chi connectivity index (χ0v) is 23.7. The van der Waals surface area contributed by atoms with Gasteiger partial charge in [-0.25, -0.2) is 4.39 Å². The lowest BCUT2D eigenvalue weighted by molar-refractivity contribution is -0.121. The fourth-order valence-corrected chi connectivity index (χ4v) is 4.24. The lowest BCUT2D eigenvalue weighted by atomic mass is 9.88. The third-order valence-corrected chi connectivity index (χ3v) is 7.05. The van der Waals surface area contributed by atoms with Crippen LogP contribution in [0, 0.1) is 18.7 Å². The molecule has 0 aromatic heterocycles. The number of hydrogen-bond acceptors (Lipinski definition) is 3. The van der Waals surface area contributed by atoms with Crippen molar-refractivity contribution >= 4 is 17.2 Å². The van der Waals surface area contributed by atoms with Crippen molar-refractivity contribution in [1.29, 1.82) is 0 Å². The highest BCUT2D eigenvalue weighted by Crippen LogP contribution is 2.42. The standard InChI is InChI=1S/C16H22FN.C12H16O2.C5H10/c1-4-5-6-12(3)18-16-11(2)9-14(10-15(16)17)13-7-8-13;1-2-6-11(13)9-12(14)10-7-4-3-5-8-10;1-5-3-2-4-5/h9-10,13H,4-8H2,1-3H3;3-5,7-8,12,14H,2,6,9H2,1H3;5H,2-4H2,1H3. The maximum absolute atomic E-state index is 14.1. The molecule has 0 bridgehead atoms. The number of aryl methyl sites for hydroxylation is 1. The van der Waals surface area contributed by atoms with Crippen molar-refractivity contribution in [2.45, 2.75) is 117 Å². The molecule has 2 aromatic carbocycles. The number of rotatable bonds is 10. The summed E-state index contributed by atoms with van der Waals surface area (Å²) in [7, 11) is 0. The van der Waals surface area contributed by atoms with Crippen molar-refractivity contribution in [1.82, 2.24) is 0 Å². The van der Waals surface area contributed by atoms with Gasteiger partial charge in [0.2, 0.25) is 0 Å². The van der Waals surface area contributed by atoms with Gasteiger partial charge >= 0.3 is 0 Å². The van der Waals surface area contributed by atoms with Crippen LogP contribution in [0.3, 0.4) is 0 Å². The molecule has 4 heteroatoms. The van der Waals surface area contributed by atoms with Gasteiger partial charge in [-0.2, -0.15) is 0 Å². The van der Waals surface area contributed by atoms with E-state index in [0.29, 0.717) is 18.0 Å². The molecule has 1 atom stereocenters. The van der Waals surface area contributed by atoms with E-state index in [2.05, 4.69) is 24.9 Å². The molecular formula is C33H48FNO2. The van der Waals surface area contributed by atoms with Crippen molar-refractivity contribution in [2.24, 2.45) is 10.9 Å². The molecular weight excluding hydrogens is 461 g/mol. The molecule has 0 spiro atoms. The third-order valence-electron chi connectivity index (χ3n) is 7.05. The normalized spacial score (nSPS) is 16.0. The van der Waals surface area contributed by atoms with Crippen LogP contribution in [-0.2, 0) is 4.79 Å². The summed E-state index contributed by atoms with van der Waals surface area (Å²) in [5.74, 6) is 1.63. The quantitative estimate of drug-likeness (QED) is 0.324. The van der Waals surface area contributed by atoms with E-state index >= 15 is 0 Å². The topological polar surface area (TPSA) is 49.7 Å². The summed E-state index contributed by atoms with van der Waals surface area (Å²) in [6.45, 7) is 10.4. The minimum Gasteiger partial charge on any atom is -0.388 e. The number of aliphatic hydroxyl groups excluding tert-OH is 1. The second-order valence-electron chi connectivity index (χ2n) is 10.8. The fourth-order valence-electron chi connectivity index (χ4n) is 4.24. The van der Waals surface area contributed by atoms with Crippen LogP contribution < -0.4 is 0 Å². The molecule has 2 aliphatic carbocycles. The lowest BCUT2D eigenvalue weighted by Crippen LogP contribution is -2.05. The molecule has 0 aliphatic heterocycles. The van der Waals surface area contributed by atoms with Crippen LogP contribution in [0.25, 0.3) is 0 Å². The van der Waals surface area contributed by atoms with Crippen molar-refractivity contribution < 1.29 is 14.3 Å². The number of carbonyl (C=O) groups excluding carboxylic acids is 1. The van der Waals surface area contributed by atoms with Gasteiger partial charge < -0.3 is 5.11 Å². The number of nitrogens with zero attached hydrogens (tertiary/aromatic N) is 1. The second kappa shape index (κ2) is 16.5. The van der Waals surface area contributed by atoms with E-state index in [4.69, 9.17) is 0 Å². The third kappa shape index (κ3) is 11.7. The Morgan fingerprint density at radius 1 is 1.05 bits per heavy atom. The summed E-state index contributed by atoms with van der Waals surface area (Å²) in [6, 6.07) is 13.1. The number of aliphatic imine (C=N–C) groups is 1. The number of carbonyl (C=O) groups is 1. The largest absolute Gasteiger partial charge is 0.388 e. The molecule has 0 radical (unpaired) electrons. The van der Waals surface area contributed by atoms with Gasteiger partial charge in [-0.15, -0.1) is 0 Å². The molecule has 37 heavy (non-hydrogen) atoms. The highest BCUT2D eigenvalue weighted by molar-refractivity contribution is 5.85. The van der Waals surface area contributed by atoms with Crippen LogP contribution in [0.2, 0.25) is 0 Å². The molecule has 2 saturated carbocycles. The van der Waals surface area contributed by atoms with Crippen molar-refractivity contribution in [3.8, 4) is 0 Å². The van der Waals surface area contributed by atoms with Crippen LogP contribution in [0.5, 0.6) is 0 Å². The van der Waals surface area contributed by atoms with Crippen molar-refractivity contribution in [3.05, 3.63) is 65.0 Å². The molecule has 0 heterocycles. The zero-order valence-electron chi connectivity index (χ0n) is 23.7. The van der Waals surface area contributed by atoms with Gasteiger partial charge in [0.25, 0.3) is 0 Å². The number of hydrogen-bond donors (Lipinski definition) is 1. The van der Waals surface area contributed by atoms with Crippen LogP contribution in [-0.4, -0.2) is 16.6 Å². The van der Waals surface area contributed by atoms with E-state index in [0.717, 1.165) is 54.0 Å². The Morgan fingerprint density at radius 2 is 1.70 bits per heavy atom. The van der Waals surface area contributed by atoms with E-state index in [1.165, 1.54) is 32.1 Å². The maximum atomic E-state index is 14.1. The summed E-state index contributed by atoms with van der Waals surface area (Å²) < 4.78 is 14.1. The minimum atomic E-state index is -0.643. The molecule has 0 saturated heterocycles. The Labute approximate surface area is 224 Å². The summed E-state index contributed by atoms with van der Waals surface area (Å²) in [5.41, 5.74) is 4.49. The zero-order chi connectivity index (χ0) is 27.2. The Kier molecular flexibility index (Phi) is 13.8. The first-order valence-corrected chi connectivity index (χ1v) is 14.3. The van der Waals surface area contributed by atoms with Crippen LogP contribution in [0.4, 0.5) is 10.1 Å². The van der Waals surface area contributed by atoms with E-state index in [9.17, 15) is 14.3 Å². The van der Waals surface area contributed by atoms with E-state index in [-0.39, 0.29) is 18.0 Å². The smallest absolute Gasteiger partial charge is 0.149 e. The Bertz CT molecular complexity index is 954. The van der Waals surface area contributed by atoms with Gasteiger partial charge in [-0.1, -0.05) is 82.9 Å². The predicted octanol–water partition coefficient (Wildman–Crippen LogP) is 9.58. The summed E-state index contributed by atoms with van der Waals surface area (Å²) in [5, 5.41) is 9.70. The first-order chi connectivity index (χ1) is 17.7. The SMILES string of the molecule is CC1CCC1.CCCC(=O)CC(O)c1ccccc1.CCCCC(C)=Nc1c(C)cc(C2CC2)cc1F. The van der Waals surface area contributed by atoms with Gasteiger partial charge in [0, 0.05) is 18.6 Å². The molecule has 0 amide bonds. The highest BCUT2D eigenvalue weighted by Gasteiger charge is 2.25. The Balaban J connectivity index is 0.000000224. The lowest BCUT2D eigenvalue weighted by Gasteiger charge is -2.18. The Hall–Kier alpha value is -2.33. The van der Waals surface area contributed by atoms with Gasteiger partial charge in [-0.3, -0.25) is 9.79 Å². The second-order valence-corrected chi connectivity index (χ2v) is 10.8. The molecule has 204 valence electrons. The monoisotopic (exact) mass is 509 g/mol. The minimum absolute atomic E-state index is 0.129. The number of ketones is 1. The molecule has 1 unspecified atom stereocenters. The summed E-state index contributed by atoms with van der Waals surface area (Å²) >= 11 is 0. The van der Waals surface area contributed by atoms with Gasteiger partial charge in [0.15, 0.2) is 0 Å². The van der Waals surface area contributed by atoms with E-state index in [1.807, 2.05) is 51.1 Å². The maximum Gasteiger partial charge on any atom is 0.149 e. The van der Waals surface area contributed by atoms with Crippen LogP contribution >= 0.6 is 0 Å².